The number of fused-ring (bicyclic) bond motifs is 1. The summed E-state index contributed by atoms with van der Waals surface area (Å²) in [5.74, 6) is 0.235. The monoisotopic (exact) mass is 421 g/mol. The number of hydrogen-bond acceptors (Lipinski definition) is 6. The number of carbonyl (C=O) groups excluding carboxylic acids is 2. The molecule has 2 aromatic carbocycles. The predicted molar refractivity (Wildman–Crippen MR) is 112 cm³/mol. The SMILES string of the molecule is COc1cccc(C2/C(=C(/O)c3ccc4c(c3)OCO4)C(=O)C(=O)N2C2CCCC2)c1. The topological polar surface area (TPSA) is 85.3 Å². The lowest BCUT2D eigenvalue weighted by molar-refractivity contribution is -0.141. The fourth-order valence-corrected chi connectivity index (χ4v) is 4.75. The molecule has 1 saturated carbocycles. The minimum atomic E-state index is -0.677. The second-order valence-electron chi connectivity index (χ2n) is 7.99. The van der Waals surface area contributed by atoms with E-state index in [0.29, 0.717) is 22.8 Å². The van der Waals surface area contributed by atoms with E-state index in [-0.39, 0.29) is 24.2 Å². The highest BCUT2D eigenvalue weighted by molar-refractivity contribution is 6.46. The number of benzene rings is 2. The van der Waals surface area contributed by atoms with Crippen LogP contribution in [0.15, 0.2) is 48.0 Å². The summed E-state index contributed by atoms with van der Waals surface area (Å²) in [5, 5.41) is 11.2. The molecule has 2 aliphatic heterocycles. The van der Waals surface area contributed by atoms with Crippen LogP contribution in [0.25, 0.3) is 5.76 Å². The molecule has 1 atom stereocenters. The van der Waals surface area contributed by atoms with E-state index in [1.54, 1.807) is 30.2 Å². The van der Waals surface area contributed by atoms with E-state index in [0.717, 1.165) is 31.2 Å². The molecular weight excluding hydrogens is 398 g/mol. The number of carbonyl (C=O) groups is 2. The van der Waals surface area contributed by atoms with E-state index in [9.17, 15) is 14.7 Å². The van der Waals surface area contributed by atoms with Gasteiger partial charge in [-0.15, -0.1) is 0 Å². The van der Waals surface area contributed by atoms with Gasteiger partial charge in [-0.2, -0.15) is 0 Å². The Morgan fingerprint density at radius 2 is 1.84 bits per heavy atom. The number of amides is 1. The molecule has 5 rings (SSSR count). The molecule has 1 aliphatic carbocycles. The molecule has 0 bridgehead atoms. The number of Topliss-reactive ketones (excluding diaryl/α,β-unsaturated/α-hetero) is 1. The van der Waals surface area contributed by atoms with Gasteiger partial charge in [-0.3, -0.25) is 9.59 Å². The van der Waals surface area contributed by atoms with E-state index in [1.165, 1.54) is 0 Å². The molecule has 0 aromatic heterocycles. The van der Waals surface area contributed by atoms with Gasteiger partial charge in [0.05, 0.1) is 18.7 Å². The average Bonchev–Trinajstić information content (AvgIpc) is 3.53. The first-order chi connectivity index (χ1) is 15.1. The largest absolute Gasteiger partial charge is 0.507 e. The summed E-state index contributed by atoms with van der Waals surface area (Å²) in [7, 11) is 1.57. The first-order valence-electron chi connectivity index (χ1n) is 10.4. The number of aliphatic hydroxyl groups is 1. The Balaban J connectivity index is 1.66. The van der Waals surface area contributed by atoms with E-state index in [1.807, 2.05) is 24.3 Å². The molecule has 160 valence electrons. The second-order valence-corrected chi connectivity index (χ2v) is 7.99. The van der Waals surface area contributed by atoms with Crippen LogP contribution < -0.4 is 14.2 Å². The zero-order valence-electron chi connectivity index (χ0n) is 17.2. The van der Waals surface area contributed by atoms with E-state index < -0.39 is 17.7 Å². The van der Waals surface area contributed by atoms with E-state index in [4.69, 9.17) is 14.2 Å². The standard InChI is InChI=1S/C24H23NO6/c1-29-17-8-4-5-14(11-17)21-20(23(27)24(28)25(21)16-6-2-3-7-16)22(26)15-9-10-18-19(12-15)31-13-30-18/h4-5,8-12,16,21,26H,2-3,6-7,13H2,1H3/b22-20-. The molecule has 7 heteroatoms. The van der Waals surface area contributed by atoms with Crippen molar-refractivity contribution in [3.05, 3.63) is 59.2 Å². The molecule has 3 aliphatic rings. The third-order valence-electron chi connectivity index (χ3n) is 6.25. The lowest BCUT2D eigenvalue weighted by atomic mass is 9.94. The molecule has 0 radical (unpaired) electrons. The molecule has 31 heavy (non-hydrogen) atoms. The minimum Gasteiger partial charge on any atom is -0.507 e. The number of methoxy groups -OCH3 is 1. The van der Waals surface area contributed by atoms with Crippen LogP contribution in [0.2, 0.25) is 0 Å². The summed E-state index contributed by atoms with van der Waals surface area (Å²) in [5.41, 5.74) is 1.22. The Kier molecular flexibility index (Phi) is 4.81. The Morgan fingerprint density at radius 3 is 2.61 bits per heavy atom. The molecule has 2 fully saturated rings. The molecule has 2 heterocycles. The second kappa shape index (κ2) is 7.65. The maximum atomic E-state index is 13.2. The van der Waals surface area contributed by atoms with Gasteiger partial charge in [0.25, 0.3) is 11.7 Å². The normalized spacial score (nSPS) is 22.4. The Labute approximate surface area is 179 Å². The lowest BCUT2D eigenvalue weighted by Gasteiger charge is -2.31. The number of likely N-dealkylation sites (tertiary alicyclic amines) is 1. The Hall–Kier alpha value is -3.48. The Morgan fingerprint density at radius 1 is 1.06 bits per heavy atom. The van der Waals surface area contributed by atoms with Crippen molar-refractivity contribution in [3.8, 4) is 17.2 Å². The van der Waals surface area contributed by atoms with Crippen LogP contribution in [0, 0.1) is 0 Å². The van der Waals surface area contributed by atoms with E-state index in [2.05, 4.69) is 0 Å². The van der Waals surface area contributed by atoms with E-state index >= 15 is 0 Å². The fourth-order valence-electron chi connectivity index (χ4n) is 4.75. The predicted octanol–water partition coefficient (Wildman–Crippen LogP) is 3.79. The molecule has 1 unspecified atom stereocenters. The first-order valence-corrected chi connectivity index (χ1v) is 10.4. The summed E-state index contributed by atoms with van der Waals surface area (Å²) in [6, 6.07) is 11.6. The van der Waals surface area contributed by atoms with Crippen molar-refractivity contribution in [1.82, 2.24) is 4.90 Å². The van der Waals surface area contributed by atoms with Gasteiger partial charge < -0.3 is 24.2 Å². The summed E-state index contributed by atoms with van der Waals surface area (Å²) < 4.78 is 16.1. The smallest absolute Gasteiger partial charge is 0.295 e. The molecule has 1 N–H and O–H groups in total. The van der Waals surface area contributed by atoms with Gasteiger partial charge in [-0.25, -0.2) is 0 Å². The number of ketones is 1. The number of rotatable bonds is 4. The zero-order valence-corrected chi connectivity index (χ0v) is 17.2. The zero-order chi connectivity index (χ0) is 21.5. The fraction of sp³-hybridized carbons (Fsp3) is 0.333. The van der Waals surface area contributed by atoms with Gasteiger partial charge in [0.1, 0.15) is 11.5 Å². The van der Waals surface area contributed by atoms with Gasteiger partial charge in [-0.05, 0) is 48.7 Å². The summed E-state index contributed by atoms with van der Waals surface area (Å²) in [6.07, 6.45) is 3.72. The van der Waals surface area contributed by atoms with Crippen LogP contribution in [0.5, 0.6) is 17.2 Å². The van der Waals surface area contributed by atoms with Crippen LogP contribution in [0.4, 0.5) is 0 Å². The van der Waals surface area contributed by atoms with Crippen molar-refractivity contribution >= 4 is 17.4 Å². The summed E-state index contributed by atoms with van der Waals surface area (Å²) >= 11 is 0. The molecule has 1 amide bonds. The van der Waals surface area contributed by atoms with Crippen molar-refractivity contribution < 1.29 is 28.9 Å². The van der Waals surface area contributed by atoms with Gasteiger partial charge in [0.2, 0.25) is 6.79 Å². The third-order valence-corrected chi connectivity index (χ3v) is 6.25. The number of hydrogen-bond donors (Lipinski definition) is 1. The number of aliphatic hydroxyl groups excluding tert-OH is 1. The third kappa shape index (κ3) is 3.21. The Bertz CT molecular complexity index is 1090. The van der Waals surface area contributed by atoms with Crippen molar-refractivity contribution in [2.75, 3.05) is 13.9 Å². The number of ether oxygens (including phenoxy) is 3. The maximum Gasteiger partial charge on any atom is 0.295 e. The highest BCUT2D eigenvalue weighted by Crippen LogP contribution is 2.44. The maximum absolute atomic E-state index is 13.2. The van der Waals surface area contributed by atoms with Crippen LogP contribution in [0.3, 0.4) is 0 Å². The molecule has 1 saturated heterocycles. The van der Waals surface area contributed by atoms with Gasteiger partial charge in [0, 0.05) is 11.6 Å². The highest BCUT2D eigenvalue weighted by Gasteiger charge is 2.49. The molecule has 0 spiro atoms. The highest BCUT2D eigenvalue weighted by atomic mass is 16.7. The molecule has 2 aromatic rings. The van der Waals surface area contributed by atoms with Crippen molar-refractivity contribution in [2.24, 2.45) is 0 Å². The van der Waals surface area contributed by atoms with Crippen LogP contribution in [0.1, 0.15) is 42.9 Å². The minimum absolute atomic E-state index is 0.0327. The van der Waals surface area contributed by atoms with Crippen molar-refractivity contribution in [3.63, 3.8) is 0 Å². The van der Waals surface area contributed by atoms with Crippen LogP contribution in [-0.2, 0) is 9.59 Å². The molecular formula is C24H23NO6. The van der Waals surface area contributed by atoms with Gasteiger partial charge in [-0.1, -0.05) is 25.0 Å². The first kappa shape index (κ1) is 19.5. The van der Waals surface area contributed by atoms with Crippen molar-refractivity contribution in [2.45, 2.75) is 37.8 Å². The lowest BCUT2D eigenvalue weighted by Crippen LogP contribution is -2.37. The van der Waals surface area contributed by atoms with Crippen LogP contribution >= 0.6 is 0 Å². The average molecular weight is 421 g/mol. The summed E-state index contributed by atoms with van der Waals surface area (Å²) in [6.45, 7) is 0.107. The quantitative estimate of drug-likeness (QED) is 0.459. The van der Waals surface area contributed by atoms with Crippen molar-refractivity contribution in [1.29, 1.82) is 0 Å². The van der Waals surface area contributed by atoms with Gasteiger partial charge >= 0.3 is 0 Å². The summed E-state index contributed by atoms with van der Waals surface area (Å²) in [4.78, 5) is 27.9. The number of nitrogens with zero attached hydrogens (tertiary/aromatic N) is 1. The van der Waals surface area contributed by atoms with Gasteiger partial charge in [0.15, 0.2) is 11.5 Å². The molecule has 7 nitrogen and oxygen atoms in total. The van der Waals surface area contributed by atoms with Crippen LogP contribution in [-0.4, -0.2) is 41.6 Å².